The van der Waals surface area contributed by atoms with Crippen LogP contribution in [-0.4, -0.2) is 37.1 Å². The lowest BCUT2D eigenvalue weighted by Gasteiger charge is -2.24. The number of fused-ring (bicyclic) bond motifs is 1. The number of benzene rings is 1. The van der Waals surface area contributed by atoms with Crippen LogP contribution in [0.5, 0.6) is 0 Å². The third-order valence-corrected chi connectivity index (χ3v) is 5.65. The Morgan fingerprint density at radius 3 is 2.73 bits per heavy atom. The topological polar surface area (TPSA) is 67.4 Å². The van der Waals surface area contributed by atoms with Crippen LogP contribution in [0.2, 0.25) is 0 Å². The summed E-state index contributed by atoms with van der Waals surface area (Å²) in [5, 5.41) is 6.48. The Bertz CT molecular complexity index is 591. The zero-order chi connectivity index (χ0) is 18.4. The SMILES string of the molecule is CCOC(=O)C(CNC(=O)C1CC2CCCCC2N1)Cc1ccccc1. The van der Waals surface area contributed by atoms with E-state index in [1.54, 1.807) is 6.92 Å². The number of carbonyl (C=O) groups is 2. The van der Waals surface area contributed by atoms with Crippen LogP contribution < -0.4 is 10.6 Å². The number of hydrogen-bond acceptors (Lipinski definition) is 4. The lowest BCUT2D eigenvalue weighted by molar-refractivity contribution is -0.147. The zero-order valence-electron chi connectivity index (χ0n) is 15.6. The van der Waals surface area contributed by atoms with E-state index in [2.05, 4.69) is 10.6 Å². The Kier molecular flexibility index (Phi) is 6.67. The molecule has 1 aliphatic heterocycles. The van der Waals surface area contributed by atoms with E-state index < -0.39 is 0 Å². The average Bonchev–Trinajstić information content (AvgIpc) is 3.10. The summed E-state index contributed by atoms with van der Waals surface area (Å²) in [5.74, 6) is 0.0427. The van der Waals surface area contributed by atoms with Crippen molar-refractivity contribution in [3.63, 3.8) is 0 Å². The van der Waals surface area contributed by atoms with Crippen LogP contribution in [0.3, 0.4) is 0 Å². The zero-order valence-corrected chi connectivity index (χ0v) is 15.6. The monoisotopic (exact) mass is 358 g/mol. The van der Waals surface area contributed by atoms with E-state index in [-0.39, 0.29) is 23.8 Å². The van der Waals surface area contributed by atoms with Crippen molar-refractivity contribution in [2.45, 2.75) is 57.5 Å². The van der Waals surface area contributed by atoms with Crippen molar-refractivity contribution in [1.82, 2.24) is 10.6 Å². The number of amides is 1. The minimum atomic E-state index is -0.356. The quantitative estimate of drug-likeness (QED) is 0.735. The Labute approximate surface area is 155 Å². The van der Waals surface area contributed by atoms with E-state index in [1.807, 2.05) is 30.3 Å². The Hall–Kier alpha value is -1.88. The van der Waals surface area contributed by atoms with Gasteiger partial charge in [-0.15, -0.1) is 0 Å². The van der Waals surface area contributed by atoms with Gasteiger partial charge in [0, 0.05) is 12.6 Å². The molecule has 1 aromatic carbocycles. The lowest BCUT2D eigenvalue weighted by Crippen LogP contribution is -2.45. The second-order valence-corrected chi connectivity index (χ2v) is 7.49. The van der Waals surface area contributed by atoms with Gasteiger partial charge < -0.3 is 15.4 Å². The molecule has 1 saturated carbocycles. The molecule has 4 unspecified atom stereocenters. The van der Waals surface area contributed by atoms with Gasteiger partial charge in [0.25, 0.3) is 0 Å². The first-order chi connectivity index (χ1) is 12.7. The highest BCUT2D eigenvalue weighted by Gasteiger charge is 2.38. The van der Waals surface area contributed by atoms with Crippen molar-refractivity contribution in [3.8, 4) is 0 Å². The van der Waals surface area contributed by atoms with Crippen LogP contribution in [0.4, 0.5) is 0 Å². The maximum absolute atomic E-state index is 12.6. The normalized spacial score (nSPS) is 26.0. The maximum Gasteiger partial charge on any atom is 0.311 e. The molecule has 2 fully saturated rings. The fourth-order valence-electron chi connectivity index (χ4n) is 4.27. The lowest BCUT2D eigenvalue weighted by atomic mass is 9.85. The smallest absolute Gasteiger partial charge is 0.311 e. The summed E-state index contributed by atoms with van der Waals surface area (Å²) in [4.78, 5) is 24.9. The fourth-order valence-corrected chi connectivity index (χ4v) is 4.27. The fraction of sp³-hybridized carbons (Fsp3) is 0.619. The molecule has 1 aliphatic carbocycles. The highest BCUT2D eigenvalue weighted by Crippen LogP contribution is 2.33. The van der Waals surface area contributed by atoms with Gasteiger partial charge in [-0.3, -0.25) is 9.59 Å². The van der Waals surface area contributed by atoms with Gasteiger partial charge in [-0.05, 0) is 44.1 Å². The molecular weight excluding hydrogens is 328 g/mol. The van der Waals surface area contributed by atoms with Crippen LogP contribution in [0.15, 0.2) is 30.3 Å². The van der Waals surface area contributed by atoms with E-state index in [0.717, 1.165) is 12.0 Å². The molecule has 1 saturated heterocycles. The summed E-state index contributed by atoms with van der Waals surface area (Å²) < 4.78 is 5.21. The predicted molar refractivity (Wildman–Crippen MR) is 101 cm³/mol. The molecular formula is C21H30N2O3. The third kappa shape index (κ3) is 4.85. The molecule has 0 radical (unpaired) electrons. The molecule has 1 heterocycles. The van der Waals surface area contributed by atoms with Gasteiger partial charge in [0.05, 0.1) is 18.6 Å². The molecule has 1 amide bonds. The minimum Gasteiger partial charge on any atom is -0.466 e. The van der Waals surface area contributed by atoms with Crippen molar-refractivity contribution in [3.05, 3.63) is 35.9 Å². The molecule has 5 nitrogen and oxygen atoms in total. The van der Waals surface area contributed by atoms with Gasteiger partial charge in [0.1, 0.15) is 0 Å². The van der Waals surface area contributed by atoms with E-state index in [9.17, 15) is 9.59 Å². The highest BCUT2D eigenvalue weighted by atomic mass is 16.5. The van der Waals surface area contributed by atoms with Gasteiger partial charge >= 0.3 is 5.97 Å². The molecule has 142 valence electrons. The largest absolute Gasteiger partial charge is 0.466 e. The summed E-state index contributed by atoms with van der Waals surface area (Å²) in [5.41, 5.74) is 1.07. The molecule has 26 heavy (non-hydrogen) atoms. The van der Waals surface area contributed by atoms with Gasteiger partial charge in [0.15, 0.2) is 0 Å². The standard InChI is InChI=1S/C21H30N2O3/c1-2-26-21(25)17(12-15-8-4-3-5-9-15)14-22-20(24)19-13-16-10-6-7-11-18(16)23-19/h3-5,8-9,16-19,23H,2,6-7,10-14H2,1H3,(H,22,24). The van der Waals surface area contributed by atoms with Crippen molar-refractivity contribution in [2.24, 2.45) is 11.8 Å². The third-order valence-electron chi connectivity index (χ3n) is 5.65. The molecule has 0 spiro atoms. The maximum atomic E-state index is 12.6. The molecule has 2 aliphatic rings. The number of rotatable bonds is 7. The van der Waals surface area contributed by atoms with Crippen LogP contribution in [0, 0.1) is 11.8 Å². The second kappa shape index (κ2) is 9.17. The molecule has 1 aromatic rings. The first-order valence-electron chi connectivity index (χ1n) is 9.91. The molecule has 3 rings (SSSR count). The molecule has 4 atom stereocenters. The summed E-state index contributed by atoms with van der Waals surface area (Å²) in [6.45, 7) is 2.48. The average molecular weight is 358 g/mol. The number of esters is 1. The van der Waals surface area contributed by atoms with Gasteiger partial charge in [-0.2, -0.15) is 0 Å². The van der Waals surface area contributed by atoms with Crippen molar-refractivity contribution in [1.29, 1.82) is 0 Å². The van der Waals surface area contributed by atoms with E-state index >= 15 is 0 Å². The second-order valence-electron chi connectivity index (χ2n) is 7.49. The number of hydrogen-bond donors (Lipinski definition) is 2. The van der Waals surface area contributed by atoms with Gasteiger partial charge in [-0.25, -0.2) is 0 Å². The van der Waals surface area contributed by atoms with Crippen LogP contribution in [-0.2, 0) is 20.7 Å². The van der Waals surface area contributed by atoms with Crippen LogP contribution in [0.1, 0.15) is 44.6 Å². The molecule has 0 bridgehead atoms. The van der Waals surface area contributed by atoms with Crippen molar-refractivity contribution < 1.29 is 14.3 Å². The van der Waals surface area contributed by atoms with Gasteiger partial charge in [-0.1, -0.05) is 43.2 Å². The van der Waals surface area contributed by atoms with Crippen LogP contribution >= 0.6 is 0 Å². The van der Waals surface area contributed by atoms with Crippen molar-refractivity contribution in [2.75, 3.05) is 13.2 Å². The molecule has 2 N–H and O–H groups in total. The molecule has 0 aromatic heterocycles. The van der Waals surface area contributed by atoms with E-state index in [0.29, 0.717) is 31.5 Å². The summed E-state index contributed by atoms with van der Waals surface area (Å²) in [6.07, 6.45) is 6.42. The Balaban J connectivity index is 1.54. The first-order valence-corrected chi connectivity index (χ1v) is 9.91. The van der Waals surface area contributed by atoms with Crippen LogP contribution in [0.25, 0.3) is 0 Å². The summed E-state index contributed by atoms with van der Waals surface area (Å²) in [6, 6.07) is 10.2. The summed E-state index contributed by atoms with van der Waals surface area (Å²) >= 11 is 0. The first kappa shape index (κ1) is 18.9. The minimum absolute atomic E-state index is 0.0155. The Morgan fingerprint density at radius 2 is 2.00 bits per heavy atom. The van der Waals surface area contributed by atoms with Gasteiger partial charge in [0.2, 0.25) is 5.91 Å². The van der Waals surface area contributed by atoms with Crippen molar-refractivity contribution >= 4 is 11.9 Å². The number of ether oxygens (including phenoxy) is 1. The molecule has 5 heteroatoms. The predicted octanol–water partition coefficient (Wildman–Crippen LogP) is 2.45. The van der Waals surface area contributed by atoms with E-state index in [4.69, 9.17) is 4.74 Å². The Morgan fingerprint density at radius 1 is 1.23 bits per heavy atom. The number of nitrogens with one attached hydrogen (secondary N) is 2. The number of carbonyl (C=O) groups excluding carboxylic acids is 2. The van der Waals surface area contributed by atoms with E-state index in [1.165, 1.54) is 25.7 Å². The highest BCUT2D eigenvalue weighted by molar-refractivity contribution is 5.83. The summed E-state index contributed by atoms with van der Waals surface area (Å²) in [7, 11) is 0.